The molecule has 11 heteroatoms. The maximum absolute atomic E-state index is 13.9. The minimum absolute atomic E-state index is 0.00179. The summed E-state index contributed by atoms with van der Waals surface area (Å²) < 4.78 is 69.9. The van der Waals surface area contributed by atoms with Crippen LogP contribution in [0.5, 0.6) is 0 Å². The number of amides is 2. The first-order valence-corrected chi connectivity index (χ1v) is 13.3. The first kappa shape index (κ1) is 26.0. The Hall–Kier alpha value is -3.08. The lowest BCUT2D eigenvalue weighted by Gasteiger charge is -2.37. The zero-order valence-corrected chi connectivity index (χ0v) is 20.6. The van der Waals surface area contributed by atoms with E-state index in [0.29, 0.717) is 4.31 Å². The smallest absolute Gasteiger partial charge is 0.353 e. The van der Waals surface area contributed by atoms with Gasteiger partial charge in [-0.3, -0.25) is 13.9 Å². The van der Waals surface area contributed by atoms with Crippen LogP contribution >= 0.6 is 0 Å². The molecule has 2 aromatic carbocycles. The fourth-order valence-corrected chi connectivity index (χ4v) is 6.64. The highest BCUT2D eigenvalue weighted by atomic mass is 32.2. The molecule has 2 amide bonds. The third-order valence-corrected chi connectivity index (χ3v) is 8.44. The highest BCUT2D eigenvalue weighted by Gasteiger charge is 2.45. The average molecular weight is 524 g/mol. The van der Waals surface area contributed by atoms with Gasteiger partial charge in [0.2, 0.25) is 11.8 Å². The Labute approximate surface area is 208 Å². The van der Waals surface area contributed by atoms with Crippen molar-refractivity contribution in [3.8, 4) is 0 Å². The van der Waals surface area contributed by atoms with E-state index in [2.05, 4.69) is 10.6 Å². The molecule has 1 heterocycles. The van der Waals surface area contributed by atoms with Crippen molar-refractivity contribution in [2.45, 2.75) is 75.0 Å². The standard InChI is InChI=1S/C25H28F3N3O4S/c1-16-12-13-22(18(14-16)25(26,27)28)36(34,35)31-20-11-7-6-10-19(20)30-24(33)21(31)15-23(32)29-17-8-4-2-3-5-9-17/h6-7,10-14,17,21H,2-5,8-9,15H2,1H3,(H,29,32)(H,30,33). The van der Waals surface area contributed by atoms with Gasteiger partial charge in [-0.05, 0) is 44.0 Å². The minimum atomic E-state index is -4.95. The van der Waals surface area contributed by atoms with Crippen LogP contribution in [0.25, 0.3) is 0 Å². The molecule has 7 nitrogen and oxygen atoms in total. The van der Waals surface area contributed by atoms with Gasteiger partial charge in [0.1, 0.15) is 6.04 Å². The summed E-state index contributed by atoms with van der Waals surface area (Å²) in [6, 6.07) is 7.21. The number of hydrogen-bond acceptors (Lipinski definition) is 4. The normalized spacial score (nSPS) is 19.3. The van der Waals surface area contributed by atoms with Gasteiger partial charge in [-0.1, -0.05) is 49.4 Å². The Morgan fingerprint density at radius 3 is 2.42 bits per heavy atom. The molecule has 0 saturated heterocycles. The van der Waals surface area contributed by atoms with Crippen molar-refractivity contribution in [1.29, 1.82) is 0 Å². The molecule has 0 bridgehead atoms. The number of carbonyl (C=O) groups is 2. The molecule has 1 aliphatic carbocycles. The topological polar surface area (TPSA) is 95.6 Å². The number of alkyl halides is 3. The van der Waals surface area contributed by atoms with Gasteiger partial charge >= 0.3 is 6.18 Å². The van der Waals surface area contributed by atoms with Crippen molar-refractivity contribution in [2.75, 3.05) is 9.62 Å². The Balaban J connectivity index is 1.75. The molecular weight excluding hydrogens is 495 g/mol. The SMILES string of the molecule is Cc1ccc(S(=O)(=O)N2c3ccccc3NC(=O)C2CC(=O)NC2CCCCCC2)c(C(F)(F)F)c1. The lowest BCUT2D eigenvalue weighted by Crippen LogP contribution is -2.53. The predicted molar refractivity (Wildman–Crippen MR) is 129 cm³/mol. The number of aryl methyl sites for hydroxylation is 1. The second-order valence-corrected chi connectivity index (χ2v) is 11.1. The largest absolute Gasteiger partial charge is 0.417 e. The predicted octanol–water partition coefficient (Wildman–Crippen LogP) is 4.76. The number of carbonyl (C=O) groups excluding carboxylic acids is 2. The van der Waals surface area contributed by atoms with Crippen LogP contribution in [0.1, 0.15) is 56.1 Å². The molecule has 1 unspecified atom stereocenters. The Kier molecular flexibility index (Phi) is 7.31. The van der Waals surface area contributed by atoms with Crippen LogP contribution in [0.3, 0.4) is 0 Å². The van der Waals surface area contributed by atoms with E-state index in [9.17, 15) is 31.2 Å². The zero-order chi connectivity index (χ0) is 26.1. The molecule has 2 aliphatic rings. The summed E-state index contributed by atoms with van der Waals surface area (Å²) in [5.74, 6) is -1.31. The first-order chi connectivity index (χ1) is 17.0. The molecule has 1 atom stereocenters. The summed E-state index contributed by atoms with van der Waals surface area (Å²) in [6.07, 6.45) is 0.141. The van der Waals surface area contributed by atoms with Crippen LogP contribution in [-0.4, -0.2) is 32.3 Å². The van der Waals surface area contributed by atoms with Gasteiger partial charge < -0.3 is 10.6 Å². The van der Waals surface area contributed by atoms with Gasteiger partial charge in [-0.15, -0.1) is 0 Å². The molecule has 1 saturated carbocycles. The number of nitrogens with one attached hydrogen (secondary N) is 2. The number of halogens is 3. The monoisotopic (exact) mass is 523 g/mol. The number of fused-ring (bicyclic) bond motifs is 1. The van der Waals surface area contributed by atoms with Crippen LogP contribution in [-0.2, 0) is 25.8 Å². The molecule has 2 aromatic rings. The van der Waals surface area contributed by atoms with Gasteiger partial charge in [0.15, 0.2) is 0 Å². The van der Waals surface area contributed by atoms with E-state index in [1.807, 2.05) is 0 Å². The van der Waals surface area contributed by atoms with Crippen molar-refractivity contribution >= 4 is 33.2 Å². The van der Waals surface area contributed by atoms with Crippen molar-refractivity contribution in [3.63, 3.8) is 0 Å². The Morgan fingerprint density at radius 1 is 1.08 bits per heavy atom. The van der Waals surface area contributed by atoms with E-state index in [4.69, 9.17) is 0 Å². The number of hydrogen-bond donors (Lipinski definition) is 2. The lowest BCUT2D eigenvalue weighted by atomic mass is 10.1. The van der Waals surface area contributed by atoms with E-state index in [1.165, 1.54) is 31.2 Å². The van der Waals surface area contributed by atoms with Crippen LogP contribution in [0.2, 0.25) is 0 Å². The molecular formula is C25H28F3N3O4S. The first-order valence-electron chi connectivity index (χ1n) is 11.9. The maximum atomic E-state index is 13.9. The highest BCUT2D eigenvalue weighted by Crippen LogP contribution is 2.41. The number of sulfonamides is 1. The molecule has 4 rings (SSSR count). The van der Waals surface area contributed by atoms with Crippen LogP contribution in [0.4, 0.5) is 24.5 Å². The van der Waals surface area contributed by atoms with Crippen LogP contribution in [0, 0.1) is 6.92 Å². The van der Waals surface area contributed by atoms with E-state index in [0.717, 1.165) is 50.7 Å². The zero-order valence-electron chi connectivity index (χ0n) is 19.8. The van der Waals surface area contributed by atoms with Gasteiger partial charge in [-0.2, -0.15) is 13.2 Å². The third kappa shape index (κ3) is 5.35. The van der Waals surface area contributed by atoms with Crippen molar-refractivity contribution < 1.29 is 31.2 Å². The van der Waals surface area contributed by atoms with Gasteiger partial charge in [0, 0.05) is 6.04 Å². The summed E-state index contributed by atoms with van der Waals surface area (Å²) in [5, 5.41) is 5.47. The number of anilines is 2. The quantitative estimate of drug-likeness (QED) is 0.553. The minimum Gasteiger partial charge on any atom is -0.353 e. The summed E-state index contributed by atoms with van der Waals surface area (Å²) in [7, 11) is -4.90. The number of rotatable bonds is 5. The van der Waals surface area contributed by atoms with Crippen molar-refractivity contribution in [3.05, 3.63) is 53.6 Å². The second kappa shape index (κ2) is 10.1. The lowest BCUT2D eigenvalue weighted by molar-refractivity contribution is -0.140. The fourth-order valence-electron chi connectivity index (χ4n) is 4.82. The highest BCUT2D eigenvalue weighted by molar-refractivity contribution is 7.93. The summed E-state index contributed by atoms with van der Waals surface area (Å²) in [5.41, 5.74) is -0.963. The van der Waals surface area contributed by atoms with E-state index < -0.39 is 50.9 Å². The fraction of sp³-hybridized carbons (Fsp3) is 0.440. The molecule has 1 fully saturated rings. The van der Waals surface area contributed by atoms with Gasteiger partial charge in [-0.25, -0.2) is 8.42 Å². The number of para-hydroxylation sites is 2. The van der Waals surface area contributed by atoms with Gasteiger partial charge in [0.05, 0.1) is 28.3 Å². The second-order valence-electron chi connectivity index (χ2n) is 9.28. The van der Waals surface area contributed by atoms with E-state index in [-0.39, 0.29) is 23.0 Å². The summed E-state index contributed by atoms with van der Waals surface area (Å²) in [6.45, 7) is 1.43. The van der Waals surface area contributed by atoms with Crippen molar-refractivity contribution in [2.24, 2.45) is 0 Å². The van der Waals surface area contributed by atoms with E-state index in [1.54, 1.807) is 6.07 Å². The number of nitrogens with zero attached hydrogens (tertiary/aromatic N) is 1. The maximum Gasteiger partial charge on any atom is 0.417 e. The van der Waals surface area contributed by atoms with Gasteiger partial charge in [0.25, 0.3) is 10.0 Å². The molecule has 1 aliphatic heterocycles. The summed E-state index contributed by atoms with van der Waals surface area (Å²) >= 11 is 0. The summed E-state index contributed by atoms with van der Waals surface area (Å²) in [4.78, 5) is 25.0. The molecule has 36 heavy (non-hydrogen) atoms. The molecule has 2 N–H and O–H groups in total. The van der Waals surface area contributed by atoms with Crippen LogP contribution in [0.15, 0.2) is 47.4 Å². The Bertz CT molecular complexity index is 1260. The average Bonchev–Trinajstić information content (AvgIpc) is 3.07. The molecule has 194 valence electrons. The molecule has 0 spiro atoms. The molecule has 0 radical (unpaired) electrons. The van der Waals surface area contributed by atoms with Crippen LogP contribution < -0.4 is 14.9 Å². The van der Waals surface area contributed by atoms with E-state index >= 15 is 0 Å². The number of benzene rings is 2. The van der Waals surface area contributed by atoms with Crippen molar-refractivity contribution in [1.82, 2.24) is 5.32 Å². The third-order valence-electron chi connectivity index (χ3n) is 6.56. The molecule has 0 aromatic heterocycles. The Morgan fingerprint density at radius 2 is 1.75 bits per heavy atom.